The fourth-order valence-electron chi connectivity index (χ4n) is 0.708. The van der Waals surface area contributed by atoms with Crippen LogP contribution in [0.4, 0.5) is 0 Å². The van der Waals surface area contributed by atoms with Crippen LogP contribution in [0.1, 0.15) is 0 Å². The summed E-state index contributed by atoms with van der Waals surface area (Å²) in [4.78, 5) is 15.7. The third-order valence-electron chi connectivity index (χ3n) is 1.31. The van der Waals surface area contributed by atoms with Gasteiger partial charge in [0.1, 0.15) is 0 Å². The van der Waals surface area contributed by atoms with Crippen LogP contribution in [-0.2, 0) is 0 Å². The van der Waals surface area contributed by atoms with Crippen molar-refractivity contribution in [3.8, 4) is 0 Å². The molecule has 3 aromatic rings. The first-order chi connectivity index (χ1) is 7.50. The summed E-state index contributed by atoms with van der Waals surface area (Å²) in [5.74, 6) is 0. The van der Waals surface area contributed by atoms with Crippen LogP contribution in [0.3, 0.4) is 0 Å². The lowest BCUT2D eigenvalue weighted by atomic mass is 10.7. The molecule has 0 bridgehead atoms. The van der Waals surface area contributed by atoms with Crippen molar-refractivity contribution in [3.05, 3.63) is 62.0 Å². The first-order valence-electron chi connectivity index (χ1n) is 4.43. The maximum atomic E-state index is 3.67. The number of nitrogens with zero attached hydrogens (tertiary/aromatic N) is 2. The Balaban J connectivity index is 0.000000112. The molecule has 3 N–H and O–H groups in total. The molecular formula is C10H13N5. The summed E-state index contributed by atoms with van der Waals surface area (Å²) in [6.45, 7) is 0. The summed E-state index contributed by atoms with van der Waals surface area (Å²) in [6.07, 6.45) is 13.9. The van der Waals surface area contributed by atoms with Crippen LogP contribution in [0.2, 0.25) is 0 Å². The molecule has 5 heteroatoms. The van der Waals surface area contributed by atoms with Gasteiger partial charge in [0.25, 0.3) is 0 Å². The Morgan fingerprint density at radius 1 is 0.600 bits per heavy atom. The molecule has 0 fully saturated rings. The molecule has 3 rings (SSSR count). The standard InChI is InChI=1S/C4H5N.2C3H4N2/c1-2-4-5-3-1;2*1-2-5-3-4-1/h1-5H;2*1-3H,(H,4,5). The van der Waals surface area contributed by atoms with Gasteiger partial charge in [0.05, 0.1) is 12.7 Å². The van der Waals surface area contributed by atoms with Gasteiger partial charge < -0.3 is 15.0 Å². The highest BCUT2D eigenvalue weighted by molar-refractivity contribution is 4.84. The number of aromatic amines is 3. The van der Waals surface area contributed by atoms with E-state index in [2.05, 4.69) is 24.9 Å². The highest BCUT2D eigenvalue weighted by Crippen LogP contribution is 1.72. The fraction of sp³-hybridized carbons (Fsp3) is 0. The van der Waals surface area contributed by atoms with Crippen LogP contribution < -0.4 is 0 Å². The lowest BCUT2D eigenvalue weighted by Gasteiger charge is -1.49. The van der Waals surface area contributed by atoms with E-state index >= 15 is 0 Å². The van der Waals surface area contributed by atoms with Crippen molar-refractivity contribution in [2.45, 2.75) is 0 Å². The smallest absolute Gasteiger partial charge is 0.0919 e. The van der Waals surface area contributed by atoms with Gasteiger partial charge in [0.15, 0.2) is 0 Å². The van der Waals surface area contributed by atoms with E-state index in [1.807, 2.05) is 24.5 Å². The van der Waals surface area contributed by atoms with E-state index in [1.54, 1.807) is 37.4 Å². The minimum absolute atomic E-state index is 1.62. The van der Waals surface area contributed by atoms with E-state index in [0.717, 1.165) is 0 Å². The van der Waals surface area contributed by atoms with Crippen molar-refractivity contribution in [2.24, 2.45) is 0 Å². The topological polar surface area (TPSA) is 73.2 Å². The summed E-state index contributed by atoms with van der Waals surface area (Å²) in [6, 6.07) is 3.89. The Labute approximate surface area is 87.6 Å². The zero-order chi connectivity index (χ0) is 10.6. The molecule has 0 aliphatic carbocycles. The molecule has 0 radical (unpaired) electrons. The third-order valence-corrected chi connectivity index (χ3v) is 1.31. The Morgan fingerprint density at radius 3 is 1.27 bits per heavy atom. The van der Waals surface area contributed by atoms with Crippen LogP contribution in [0.15, 0.2) is 62.0 Å². The predicted octanol–water partition coefficient (Wildman–Crippen LogP) is 1.83. The van der Waals surface area contributed by atoms with Gasteiger partial charge in [0, 0.05) is 37.2 Å². The Morgan fingerprint density at radius 2 is 1.13 bits per heavy atom. The monoisotopic (exact) mass is 203 g/mol. The molecule has 0 saturated carbocycles. The molecular weight excluding hydrogens is 190 g/mol. The largest absolute Gasteiger partial charge is 0.368 e. The third kappa shape index (κ3) is 6.83. The van der Waals surface area contributed by atoms with Crippen molar-refractivity contribution in [3.63, 3.8) is 0 Å². The zero-order valence-electron chi connectivity index (χ0n) is 8.17. The van der Waals surface area contributed by atoms with Gasteiger partial charge in [-0.05, 0) is 12.1 Å². The van der Waals surface area contributed by atoms with E-state index in [1.165, 1.54) is 0 Å². The van der Waals surface area contributed by atoms with Crippen LogP contribution in [-0.4, -0.2) is 24.9 Å². The second-order valence-corrected chi connectivity index (χ2v) is 2.41. The zero-order valence-corrected chi connectivity index (χ0v) is 8.17. The number of aromatic nitrogens is 5. The maximum absolute atomic E-state index is 3.67. The summed E-state index contributed by atoms with van der Waals surface area (Å²) in [7, 11) is 0. The first-order valence-corrected chi connectivity index (χ1v) is 4.43. The first kappa shape index (κ1) is 10.8. The van der Waals surface area contributed by atoms with Gasteiger partial charge >= 0.3 is 0 Å². The lowest BCUT2D eigenvalue weighted by Crippen LogP contribution is -1.44. The van der Waals surface area contributed by atoms with Crippen molar-refractivity contribution in [1.82, 2.24) is 24.9 Å². The van der Waals surface area contributed by atoms with Crippen LogP contribution >= 0.6 is 0 Å². The van der Waals surface area contributed by atoms with E-state index in [9.17, 15) is 0 Å². The minimum Gasteiger partial charge on any atom is -0.368 e. The second-order valence-electron chi connectivity index (χ2n) is 2.41. The Bertz CT molecular complexity index is 246. The van der Waals surface area contributed by atoms with Gasteiger partial charge in [0.2, 0.25) is 0 Å². The molecule has 0 amide bonds. The molecule has 0 unspecified atom stereocenters. The van der Waals surface area contributed by atoms with E-state index in [0.29, 0.717) is 0 Å². The highest BCUT2D eigenvalue weighted by Gasteiger charge is 1.57. The minimum atomic E-state index is 1.62. The molecule has 0 atom stereocenters. The van der Waals surface area contributed by atoms with Gasteiger partial charge in [-0.1, -0.05) is 0 Å². The van der Waals surface area contributed by atoms with Gasteiger partial charge in [-0.15, -0.1) is 0 Å². The summed E-state index contributed by atoms with van der Waals surface area (Å²) in [5.41, 5.74) is 0. The normalized spacial score (nSPS) is 8.00. The average molecular weight is 203 g/mol. The molecule has 78 valence electrons. The van der Waals surface area contributed by atoms with Crippen molar-refractivity contribution in [1.29, 1.82) is 0 Å². The average Bonchev–Trinajstić information content (AvgIpc) is 3.09. The Hall–Kier alpha value is -2.30. The predicted molar refractivity (Wildman–Crippen MR) is 58.0 cm³/mol. The second kappa shape index (κ2) is 8.31. The molecule has 3 aromatic heterocycles. The molecule has 0 saturated heterocycles. The molecule has 0 aliphatic rings. The summed E-state index contributed by atoms with van der Waals surface area (Å²) < 4.78 is 0. The van der Waals surface area contributed by atoms with Crippen molar-refractivity contribution >= 4 is 0 Å². The van der Waals surface area contributed by atoms with Crippen LogP contribution in [0.5, 0.6) is 0 Å². The molecule has 15 heavy (non-hydrogen) atoms. The lowest BCUT2D eigenvalue weighted by molar-refractivity contribution is 1.31. The molecule has 5 nitrogen and oxygen atoms in total. The molecule has 3 heterocycles. The number of hydrogen-bond donors (Lipinski definition) is 3. The van der Waals surface area contributed by atoms with Crippen LogP contribution in [0.25, 0.3) is 0 Å². The highest BCUT2D eigenvalue weighted by atomic mass is 14.8. The van der Waals surface area contributed by atoms with Crippen molar-refractivity contribution < 1.29 is 0 Å². The van der Waals surface area contributed by atoms with E-state index < -0.39 is 0 Å². The summed E-state index contributed by atoms with van der Waals surface area (Å²) in [5, 5.41) is 0. The number of hydrogen-bond acceptors (Lipinski definition) is 2. The van der Waals surface area contributed by atoms with Gasteiger partial charge in [-0.25, -0.2) is 9.97 Å². The number of H-pyrrole nitrogens is 3. The Kier molecular flexibility index (Phi) is 5.97. The number of nitrogens with one attached hydrogen (secondary N) is 3. The fourth-order valence-corrected chi connectivity index (χ4v) is 0.708. The number of imidazole rings is 2. The van der Waals surface area contributed by atoms with E-state index in [4.69, 9.17) is 0 Å². The molecule has 0 spiro atoms. The molecule has 0 aromatic carbocycles. The quantitative estimate of drug-likeness (QED) is 0.521. The SMILES string of the molecule is c1c[nH]cn1.c1c[nH]cn1.c1cc[nH]c1. The van der Waals surface area contributed by atoms with Crippen LogP contribution in [0, 0.1) is 0 Å². The summed E-state index contributed by atoms with van der Waals surface area (Å²) >= 11 is 0. The van der Waals surface area contributed by atoms with E-state index in [-0.39, 0.29) is 0 Å². The van der Waals surface area contributed by atoms with Gasteiger partial charge in [-0.2, -0.15) is 0 Å². The van der Waals surface area contributed by atoms with Crippen molar-refractivity contribution in [2.75, 3.05) is 0 Å². The van der Waals surface area contributed by atoms with Gasteiger partial charge in [-0.3, -0.25) is 0 Å². The molecule has 0 aliphatic heterocycles. The maximum Gasteiger partial charge on any atom is 0.0919 e. The number of rotatable bonds is 0.